The Hall–Kier alpha value is -2.67. The molecular formula is C22H29N5O2. The van der Waals surface area contributed by atoms with Crippen molar-refractivity contribution in [1.29, 1.82) is 0 Å². The number of rotatable bonds is 4. The first-order valence-electron chi connectivity index (χ1n) is 10.4. The molecule has 3 heterocycles. The van der Waals surface area contributed by atoms with Crippen molar-refractivity contribution < 1.29 is 9.59 Å². The average molecular weight is 396 g/mol. The molecule has 1 aromatic carbocycles. The fourth-order valence-electron chi connectivity index (χ4n) is 4.39. The second kappa shape index (κ2) is 8.37. The van der Waals surface area contributed by atoms with Gasteiger partial charge in [0.05, 0.1) is 12.2 Å². The van der Waals surface area contributed by atoms with Gasteiger partial charge in [-0.15, -0.1) is 0 Å². The van der Waals surface area contributed by atoms with Gasteiger partial charge in [-0.3, -0.25) is 19.2 Å². The number of fused-ring (bicyclic) bond motifs is 1. The van der Waals surface area contributed by atoms with E-state index in [0.29, 0.717) is 12.2 Å². The minimum Gasteiger partial charge on any atom is -0.348 e. The summed E-state index contributed by atoms with van der Waals surface area (Å²) in [5, 5.41) is 7.35. The van der Waals surface area contributed by atoms with Crippen LogP contribution in [-0.4, -0.2) is 58.7 Å². The monoisotopic (exact) mass is 395 g/mol. The Balaban J connectivity index is 1.29. The van der Waals surface area contributed by atoms with Crippen LogP contribution in [0.4, 0.5) is 5.69 Å². The molecule has 4 rings (SSSR count). The van der Waals surface area contributed by atoms with E-state index in [2.05, 4.69) is 21.4 Å². The molecule has 2 aliphatic rings. The summed E-state index contributed by atoms with van der Waals surface area (Å²) in [6.07, 6.45) is 3.77. The number of carbonyl (C=O) groups is 2. The van der Waals surface area contributed by atoms with Crippen molar-refractivity contribution in [1.82, 2.24) is 20.0 Å². The summed E-state index contributed by atoms with van der Waals surface area (Å²) in [6, 6.07) is 10.2. The maximum atomic E-state index is 12.9. The Kier molecular flexibility index (Phi) is 5.67. The molecule has 29 heavy (non-hydrogen) atoms. The predicted octanol–water partition coefficient (Wildman–Crippen LogP) is 1.90. The van der Waals surface area contributed by atoms with Crippen LogP contribution in [0.2, 0.25) is 0 Å². The van der Waals surface area contributed by atoms with E-state index in [9.17, 15) is 9.59 Å². The summed E-state index contributed by atoms with van der Waals surface area (Å²) in [4.78, 5) is 29.5. The van der Waals surface area contributed by atoms with Gasteiger partial charge in [0, 0.05) is 38.4 Å². The molecule has 1 fully saturated rings. The fourth-order valence-corrected chi connectivity index (χ4v) is 4.39. The molecule has 154 valence electrons. The number of para-hydroxylation sites is 1. The number of hydrogen-bond donors (Lipinski definition) is 1. The number of piperidine rings is 1. The van der Waals surface area contributed by atoms with E-state index < -0.39 is 0 Å². The normalized spacial score (nSPS) is 17.8. The van der Waals surface area contributed by atoms with E-state index in [-0.39, 0.29) is 17.9 Å². The lowest BCUT2D eigenvalue weighted by molar-refractivity contribution is -0.120. The van der Waals surface area contributed by atoms with Crippen LogP contribution in [0.1, 0.15) is 41.0 Å². The summed E-state index contributed by atoms with van der Waals surface area (Å²) < 4.78 is 1.62. The first kappa shape index (κ1) is 19.6. The third-order valence-electron chi connectivity index (χ3n) is 5.93. The molecule has 2 aromatic rings. The molecule has 1 N–H and O–H groups in total. The van der Waals surface area contributed by atoms with Crippen molar-refractivity contribution >= 4 is 17.5 Å². The van der Waals surface area contributed by atoms with E-state index in [0.717, 1.165) is 56.7 Å². The van der Waals surface area contributed by atoms with Gasteiger partial charge in [0.1, 0.15) is 5.69 Å². The molecule has 7 nitrogen and oxygen atoms in total. The van der Waals surface area contributed by atoms with Gasteiger partial charge in [-0.2, -0.15) is 5.10 Å². The average Bonchev–Trinajstić information content (AvgIpc) is 3.07. The summed E-state index contributed by atoms with van der Waals surface area (Å²) in [5.41, 5.74) is 3.76. The lowest BCUT2D eigenvalue weighted by Gasteiger charge is -2.35. The van der Waals surface area contributed by atoms with Crippen LogP contribution in [0.15, 0.2) is 30.3 Å². The van der Waals surface area contributed by atoms with E-state index in [1.807, 2.05) is 30.0 Å². The third kappa shape index (κ3) is 4.34. The van der Waals surface area contributed by atoms with E-state index >= 15 is 0 Å². The van der Waals surface area contributed by atoms with Crippen LogP contribution in [-0.2, 0) is 18.3 Å². The summed E-state index contributed by atoms with van der Waals surface area (Å²) in [5.74, 6) is 0.0949. The number of nitrogens with zero attached hydrogens (tertiary/aromatic N) is 4. The molecule has 0 atom stereocenters. The van der Waals surface area contributed by atoms with Crippen LogP contribution in [0.3, 0.4) is 0 Å². The van der Waals surface area contributed by atoms with Crippen molar-refractivity contribution in [3.05, 3.63) is 47.3 Å². The number of carbonyl (C=O) groups excluding carboxylic acids is 2. The first-order chi connectivity index (χ1) is 14.0. The number of benzene rings is 1. The molecule has 2 amide bonds. The SMILES string of the molecule is Cc1cc(C(=O)NC2CCN(CC(=O)N3CCCc4ccccc43)CC2)n(C)n1. The predicted molar refractivity (Wildman–Crippen MR) is 112 cm³/mol. The van der Waals surface area contributed by atoms with E-state index in [1.54, 1.807) is 17.8 Å². The summed E-state index contributed by atoms with van der Waals surface area (Å²) >= 11 is 0. The van der Waals surface area contributed by atoms with Gasteiger partial charge in [-0.05, 0) is 50.3 Å². The number of nitrogens with one attached hydrogen (secondary N) is 1. The zero-order chi connectivity index (χ0) is 20.4. The molecular weight excluding hydrogens is 366 g/mol. The van der Waals surface area contributed by atoms with Crippen molar-refractivity contribution in [2.24, 2.45) is 7.05 Å². The van der Waals surface area contributed by atoms with Crippen LogP contribution in [0, 0.1) is 6.92 Å². The molecule has 1 aromatic heterocycles. The molecule has 0 saturated carbocycles. The molecule has 0 radical (unpaired) electrons. The molecule has 0 spiro atoms. The number of aromatic nitrogens is 2. The maximum Gasteiger partial charge on any atom is 0.269 e. The van der Waals surface area contributed by atoms with Crippen molar-refractivity contribution in [3.8, 4) is 0 Å². The summed E-state index contributed by atoms with van der Waals surface area (Å²) in [6.45, 7) is 4.75. The Morgan fingerprint density at radius 1 is 1.17 bits per heavy atom. The highest BCUT2D eigenvalue weighted by molar-refractivity contribution is 5.96. The van der Waals surface area contributed by atoms with Gasteiger partial charge in [0.2, 0.25) is 5.91 Å². The van der Waals surface area contributed by atoms with Crippen molar-refractivity contribution in [3.63, 3.8) is 0 Å². The van der Waals surface area contributed by atoms with Gasteiger partial charge < -0.3 is 10.2 Å². The van der Waals surface area contributed by atoms with E-state index in [1.165, 1.54) is 5.56 Å². The Morgan fingerprint density at radius 3 is 2.66 bits per heavy atom. The van der Waals surface area contributed by atoms with Gasteiger partial charge in [-0.1, -0.05) is 18.2 Å². The minimum atomic E-state index is -0.0763. The highest BCUT2D eigenvalue weighted by atomic mass is 16.2. The number of likely N-dealkylation sites (tertiary alicyclic amines) is 1. The van der Waals surface area contributed by atoms with Crippen molar-refractivity contribution in [2.75, 3.05) is 31.1 Å². The van der Waals surface area contributed by atoms with Gasteiger partial charge in [-0.25, -0.2) is 0 Å². The lowest BCUT2D eigenvalue weighted by Crippen LogP contribution is -2.49. The number of aryl methyl sites for hydroxylation is 3. The van der Waals surface area contributed by atoms with E-state index in [4.69, 9.17) is 0 Å². The molecule has 7 heteroatoms. The first-order valence-corrected chi connectivity index (χ1v) is 10.4. The number of anilines is 1. The largest absolute Gasteiger partial charge is 0.348 e. The highest BCUT2D eigenvalue weighted by Gasteiger charge is 2.27. The van der Waals surface area contributed by atoms with Crippen LogP contribution in [0.25, 0.3) is 0 Å². The Morgan fingerprint density at radius 2 is 1.93 bits per heavy atom. The third-order valence-corrected chi connectivity index (χ3v) is 5.93. The van der Waals surface area contributed by atoms with Gasteiger partial charge in [0.25, 0.3) is 5.91 Å². The quantitative estimate of drug-likeness (QED) is 0.859. The van der Waals surface area contributed by atoms with Crippen LogP contribution < -0.4 is 10.2 Å². The van der Waals surface area contributed by atoms with Gasteiger partial charge >= 0.3 is 0 Å². The molecule has 0 bridgehead atoms. The van der Waals surface area contributed by atoms with Crippen LogP contribution >= 0.6 is 0 Å². The smallest absolute Gasteiger partial charge is 0.269 e. The molecule has 2 aliphatic heterocycles. The Bertz CT molecular complexity index is 898. The van der Waals surface area contributed by atoms with Gasteiger partial charge in [0.15, 0.2) is 0 Å². The second-order valence-corrected chi connectivity index (χ2v) is 8.10. The lowest BCUT2D eigenvalue weighted by atomic mass is 10.0. The second-order valence-electron chi connectivity index (χ2n) is 8.10. The highest BCUT2D eigenvalue weighted by Crippen LogP contribution is 2.27. The fraction of sp³-hybridized carbons (Fsp3) is 0.500. The topological polar surface area (TPSA) is 70.5 Å². The number of amides is 2. The zero-order valence-corrected chi connectivity index (χ0v) is 17.2. The molecule has 0 aliphatic carbocycles. The standard InChI is InChI=1S/C22H29N5O2/c1-16-14-20(25(2)24-16)22(29)23-18-9-12-26(13-10-18)15-21(28)27-11-5-7-17-6-3-4-8-19(17)27/h3-4,6,8,14,18H,5,7,9-13,15H2,1-2H3,(H,23,29). The Labute approximate surface area is 171 Å². The zero-order valence-electron chi connectivity index (χ0n) is 17.2. The molecule has 1 saturated heterocycles. The molecule has 0 unspecified atom stereocenters. The number of hydrogen-bond acceptors (Lipinski definition) is 4. The maximum absolute atomic E-state index is 12.9. The van der Waals surface area contributed by atoms with Crippen molar-refractivity contribution in [2.45, 2.75) is 38.6 Å². The summed E-state index contributed by atoms with van der Waals surface area (Å²) in [7, 11) is 1.79. The van der Waals surface area contributed by atoms with Crippen LogP contribution in [0.5, 0.6) is 0 Å². The minimum absolute atomic E-state index is 0.0763.